The Morgan fingerprint density at radius 3 is 2.94 bits per heavy atom. The maximum absolute atomic E-state index is 12.0. The molecular formula is C12H10ClNOS. The van der Waals surface area contributed by atoms with Crippen molar-refractivity contribution in [1.29, 1.82) is 0 Å². The van der Waals surface area contributed by atoms with Crippen molar-refractivity contribution >= 4 is 28.7 Å². The largest absolute Gasteiger partial charge is 0.294 e. The minimum atomic E-state index is 0.110. The molecule has 0 aliphatic rings. The van der Waals surface area contributed by atoms with E-state index in [1.54, 1.807) is 23.8 Å². The molecule has 0 unspecified atom stereocenters. The van der Waals surface area contributed by atoms with E-state index >= 15 is 0 Å². The summed E-state index contributed by atoms with van der Waals surface area (Å²) in [5, 5.41) is 0.659. The van der Waals surface area contributed by atoms with Crippen molar-refractivity contribution in [2.75, 3.05) is 0 Å². The second kappa shape index (κ2) is 4.76. The molecule has 1 aromatic heterocycles. The van der Waals surface area contributed by atoms with Crippen LogP contribution in [0.15, 0.2) is 29.9 Å². The third kappa shape index (κ3) is 2.49. The highest BCUT2D eigenvalue weighted by molar-refractivity contribution is 7.09. The summed E-state index contributed by atoms with van der Waals surface area (Å²) in [6.45, 7) is 1.89. The summed E-state index contributed by atoms with van der Waals surface area (Å²) in [5.74, 6) is 0.110. The van der Waals surface area contributed by atoms with Crippen molar-refractivity contribution in [3.63, 3.8) is 0 Å². The van der Waals surface area contributed by atoms with Gasteiger partial charge in [-0.25, -0.2) is 0 Å². The van der Waals surface area contributed by atoms with Gasteiger partial charge in [-0.2, -0.15) is 0 Å². The predicted molar refractivity (Wildman–Crippen MR) is 66.3 cm³/mol. The van der Waals surface area contributed by atoms with E-state index in [4.69, 9.17) is 11.6 Å². The van der Waals surface area contributed by atoms with Crippen LogP contribution in [-0.2, 0) is 6.42 Å². The first-order valence-electron chi connectivity index (χ1n) is 4.83. The SMILES string of the molecule is Cc1cc(Cl)ccc1C(=O)Cc1cncs1. The molecule has 2 nitrogen and oxygen atoms in total. The molecule has 0 saturated carbocycles. The second-order valence-electron chi connectivity index (χ2n) is 3.53. The number of carbonyl (C=O) groups excluding carboxylic acids is 1. The Hall–Kier alpha value is -1.19. The molecule has 0 bridgehead atoms. The number of carbonyl (C=O) groups is 1. The molecular weight excluding hydrogens is 242 g/mol. The molecule has 0 fully saturated rings. The summed E-state index contributed by atoms with van der Waals surface area (Å²) in [6.07, 6.45) is 2.14. The molecule has 0 radical (unpaired) electrons. The third-order valence-corrected chi connectivity index (χ3v) is 3.32. The number of hydrogen-bond acceptors (Lipinski definition) is 3. The first kappa shape index (κ1) is 11.3. The quantitative estimate of drug-likeness (QED) is 0.781. The van der Waals surface area contributed by atoms with Crippen LogP contribution in [0, 0.1) is 6.92 Å². The number of aromatic nitrogens is 1. The van der Waals surface area contributed by atoms with Gasteiger partial charge in [-0.1, -0.05) is 11.6 Å². The van der Waals surface area contributed by atoms with Gasteiger partial charge in [-0.05, 0) is 30.7 Å². The summed E-state index contributed by atoms with van der Waals surface area (Å²) in [5.41, 5.74) is 3.39. The number of benzene rings is 1. The monoisotopic (exact) mass is 251 g/mol. The standard InChI is InChI=1S/C12H10ClNOS/c1-8-4-9(13)2-3-11(8)12(15)5-10-6-14-7-16-10/h2-4,6-7H,5H2,1H3. The van der Waals surface area contributed by atoms with Gasteiger partial charge in [0.05, 0.1) is 5.51 Å². The summed E-state index contributed by atoms with van der Waals surface area (Å²) >= 11 is 7.34. The average molecular weight is 252 g/mol. The minimum absolute atomic E-state index is 0.110. The van der Waals surface area contributed by atoms with Crippen LogP contribution in [0.1, 0.15) is 20.8 Å². The third-order valence-electron chi connectivity index (χ3n) is 2.31. The van der Waals surface area contributed by atoms with Crippen molar-refractivity contribution in [1.82, 2.24) is 4.98 Å². The average Bonchev–Trinajstić information content (AvgIpc) is 2.70. The number of thiazole rings is 1. The Morgan fingerprint density at radius 1 is 1.50 bits per heavy atom. The highest BCUT2D eigenvalue weighted by Gasteiger charge is 2.10. The van der Waals surface area contributed by atoms with E-state index in [0.717, 1.165) is 16.0 Å². The Bertz CT molecular complexity index is 508. The van der Waals surface area contributed by atoms with Crippen LogP contribution in [0.3, 0.4) is 0 Å². The molecule has 0 atom stereocenters. The van der Waals surface area contributed by atoms with E-state index in [1.165, 1.54) is 11.3 Å². The normalized spacial score (nSPS) is 10.4. The number of rotatable bonds is 3. The van der Waals surface area contributed by atoms with E-state index < -0.39 is 0 Å². The van der Waals surface area contributed by atoms with Crippen molar-refractivity contribution in [2.24, 2.45) is 0 Å². The lowest BCUT2D eigenvalue weighted by Gasteiger charge is -2.04. The van der Waals surface area contributed by atoms with Crippen LogP contribution in [0.25, 0.3) is 0 Å². The van der Waals surface area contributed by atoms with Gasteiger partial charge in [0.15, 0.2) is 5.78 Å². The molecule has 0 N–H and O–H groups in total. The Labute approximate surface area is 103 Å². The Morgan fingerprint density at radius 2 is 2.31 bits per heavy atom. The number of ketones is 1. The maximum atomic E-state index is 12.0. The molecule has 0 spiro atoms. The van der Waals surface area contributed by atoms with Gasteiger partial charge in [0.1, 0.15) is 0 Å². The molecule has 0 saturated heterocycles. The molecule has 0 amide bonds. The highest BCUT2D eigenvalue weighted by Crippen LogP contribution is 2.18. The van der Waals surface area contributed by atoms with Gasteiger partial charge in [-0.3, -0.25) is 9.78 Å². The molecule has 0 aliphatic heterocycles. The summed E-state index contributed by atoms with van der Waals surface area (Å²) in [4.78, 5) is 16.9. The lowest BCUT2D eigenvalue weighted by atomic mass is 10.0. The fourth-order valence-corrected chi connectivity index (χ4v) is 2.34. The molecule has 4 heteroatoms. The van der Waals surface area contributed by atoms with Crippen LogP contribution in [0.4, 0.5) is 0 Å². The van der Waals surface area contributed by atoms with Gasteiger partial charge in [0.25, 0.3) is 0 Å². The van der Waals surface area contributed by atoms with E-state index in [0.29, 0.717) is 11.4 Å². The van der Waals surface area contributed by atoms with Crippen molar-refractivity contribution in [3.8, 4) is 0 Å². The van der Waals surface area contributed by atoms with Crippen LogP contribution in [-0.4, -0.2) is 10.8 Å². The summed E-state index contributed by atoms with van der Waals surface area (Å²) in [6, 6.07) is 5.33. The number of nitrogens with zero attached hydrogens (tertiary/aromatic N) is 1. The zero-order chi connectivity index (χ0) is 11.5. The molecule has 1 heterocycles. The van der Waals surface area contributed by atoms with E-state index in [1.807, 2.05) is 13.0 Å². The van der Waals surface area contributed by atoms with Crippen molar-refractivity contribution in [2.45, 2.75) is 13.3 Å². The zero-order valence-corrected chi connectivity index (χ0v) is 10.3. The summed E-state index contributed by atoms with van der Waals surface area (Å²) in [7, 11) is 0. The van der Waals surface area contributed by atoms with Gasteiger partial charge in [0, 0.05) is 28.1 Å². The van der Waals surface area contributed by atoms with Crippen molar-refractivity contribution < 1.29 is 4.79 Å². The zero-order valence-electron chi connectivity index (χ0n) is 8.74. The first-order valence-corrected chi connectivity index (χ1v) is 6.09. The number of hydrogen-bond donors (Lipinski definition) is 0. The number of halogens is 1. The fraction of sp³-hybridized carbons (Fsp3) is 0.167. The topological polar surface area (TPSA) is 30.0 Å². The van der Waals surface area contributed by atoms with Gasteiger partial charge >= 0.3 is 0 Å². The predicted octanol–water partition coefficient (Wildman–Crippen LogP) is 3.53. The second-order valence-corrected chi connectivity index (χ2v) is 4.93. The Kier molecular flexibility index (Phi) is 3.36. The lowest BCUT2D eigenvalue weighted by Crippen LogP contribution is -2.04. The molecule has 82 valence electrons. The lowest BCUT2D eigenvalue weighted by molar-refractivity contribution is 0.0993. The molecule has 0 aliphatic carbocycles. The first-order chi connectivity index (χ1) is 7.66. The highest BCUT2D eigenvalue weighted by atomic mass is 35.5. The van der Waals surface area contributed by atoms with Crippen LogP contribution in [0.2, 0.25) is 5.02 Å². The van der Waals surface area contributed by atoms with Gasteiger partial charge < -0.3 is 0 Å². The van der Waals surface area contributed by atoms with Gasteiger partial charge in [0.2, 0.25) is 0 Å². The van der Waals surface area contributed by atoms with E-state index in [-0.39, 0.29) is 5.78 Å². The van der Waals surface area contributed by atoms with Gasteiger partial charge in [-0.15, -0.1) is 11.3 Å². The fourth-order valence-electron chi connectivity index (χ4n) is 1.52. The maximum Gasteiger partial charge on any atom is 0.168 e. The Balaban J connectivity index is 2.21. The molecule has 2 rings (SSSR count). The number of aryl methyl sites for hydroxylation is 1. The van der Waals surface area contributed by atoms with Crippen LogP contribution in [0.5, 0.6) is 0 Å². The van der Waals surface area contributed by atoms with Crippen LogP contribution < -0.4 is 0 Å². The molecule has 2 aromatic rings. The number of Topliss-reactive ketones (excluding diaryl/α,β-unsaturated/α-hetero) is 1. The molecule has 1 aromatic carbocycles. The van der Waals surface area contributed by atoms with Crippen molar-refractivity contribution in [3.05, 3.63) is 50.9 Å². The van der Waals surface area contributed by atoms with E-state index in [9.17, 15) is 4.79 Å². The van der Waals surface area contributed by atoms with Crippen LogP contribution >= 0.6 is 22.9 Å². The smallest absolute Gasteiger partial charge is 0.168 e. The minimum Gasteiger partial charge on any atom is -0.294 e. The van der Waals surface area contributed by atoms with E-state index in [2.05, 4.69) is 4.98 Å². The molecule has 16 heavy (non-hydrogen) atoms. The summed E-state index contributed by atoms with van der Waals surface area (Å²) < 4.78 is 0.